The van der Waals surface area contributed by atoms with Gasteiger partial charge in [-0.15, -0.1) is 0 Å². The van der Waals surface area contributed by atoms with E-state index in [1.165, 1.54) is 0 Å². The molecule has 0 amide bonds. The largest absolute Gasteiger partial charge is 0.496 e. The summed E-state index contributed by atoms with van der Waals surface area (Å²) in [6.07, 6.45) is 2.74. The van der Waals surface area contributed by atoms with Gasteiger partial charge in [-0.2, -0.15) is 0 Å². The van der Waals surface area contributed by atoms with Crippen LogP contribution >= 0.6 is 0 Å². The second-order valence-electron chi connectivity index (χ2n) is 4.89. The monoisotopic (exact) mass is 252 g/mol. The van der Waals surface area contributed by atoms with E-state index in [2.05, 4.69) is 4.98 Å². The van der Waals surface area contributed by atoms with Crippen LogP contribution in [0.3, 0.4) is 0 Å². The number of hydrogen-bond acceptors (Lipinski definition) is 4. The maximum absolute atomic E-state index is 6.05. The van der Waals surface area contributed by atoms with Gasteiger partial charge in [0.15, 0.2) is 0 Å². The first-order chi connectivity index (χ1) is 8.45. The number of pyridine rings is 1. The van der Waals surface area contributed by atoms with Gasteiger partial charge in [-0.3, -0.25) is 4.98 Å². The minimum Gasteiger partial charge on any atom is -0.496 e. The fourth-order valence-corrected chi connectivity index (χ4v) is 1.90. The molecule has 1 atom stereocenters. The summed E-state index contributed by atoms with van der Waals surface area (Å²) in [5.41, 5.74) is 9.14. The van der Waals surface area contributed by atoms with Crippen LogP contribution in [-0.2, 0) is 11.2 Å². The fourth-order valence-electron chi connectivity index (χ4n) is 1.90. The summed E-state index contributed by atoms with van der Waals surface area (Å²) in [4.78, 5) is 4.44. The van der Waals surface area contributed by atoms with Gasteiger partial charge in [0.05, 0.1) is 19.8 Å². The molecule has 0 bridgehead atoms. The highest BCUT2D eigenvalue weighted by atomic mass is 16.5. The normalized spacial score (nSPS) is 12.8. The van der Waals surface area contributed by atoms with Crippen LogP contribution in [0.5, 0.6) is 5.75 Å². The topological polar surface area (TPSA) is 57.4 Å². The number of rotatable bonds is 6. The van der Waals surface area contributed by atoms with Crippen molar-refractivity contribution >= 4 is 0 Å². The smallest absolute Gasteiger partial charge is 0.128 e. The maximum Gasteiger partial charge on any atom is 0.128 e. The Morgan fingerprint density at radius 3 is 2.56 bits per heavy atom. The lowest BCUT2D eigenvalue weighted by molar-refractivity contribution is 0.0682. The Morgan fingerprint density at radius 1 is 1.33 bits per heavy atom. The first-order valence-electron chi connectivity index (χ1n) is 6.32. The zero-order valence-corrected chi connectivity index (χ0v) is 12.0. The lowest BCUT2D eigenvalue weighted by Gasteiger charge is -2.17. The summed E-state index contributed by atoms with van der Waals surface area (Å²) in [5, 5.41) is 0. The zero-order valence-electron chi connectivity index (χ0n) is 12.0. The van der Waals surface area contributed by atoms with Crippen molar-refractivity contribution in [1.29, 1.82) is 0 Å². The number of methoxy groups -OCH3 is 1. The molecule has 0 fully saturated rings. The molecule has 4 nitrogen and oxygen atoms in total. The number of ether oxygens (including phenoxy) is 2. The quantitative estimate of drug-likeness (QED) is 0.841. The maximum atomic E-state index is 6.05. The van der Waals surface area contributed by atoms with Crippen LogP contribution in [0, 0.1) is 13.8 Å². The van der Waals surface area contributed by atoms with Crippen LogP contribution < -0.4 is 10.5 Å². The average molecular weight is 252 g/mol. The molecule has 0 saturated heterocycles. The molecular formula is C14H24N2O2. The summed E-state index contributed by atoms with van der Waals surface area (Å²) in [5.74, 6) is 0.900. The lowest BCUT2D eigenvalue weighted by atomic mass is 10.1. The zero-order chi connectivity index (χ0) is 13.7. The van der Waals surface area contributed by atoms with E-state index in [0.717, 1.165) is 22.6 Å². The Labute approximate surface area is 110 Å². The van der Waals surface area contributed by atoms with Gasteiger partial charge in [-0.1, -0.05) is 0 Å². The van der Waals surface area contributed by atoms with Crippen molar-refractivity contribution in [3.05, 3.63) is 23.0 Å². The minimum atomic E-state index is -0.0361. The molecule has 1 unspecified atom stereocenters. The molecule has 1 aromatic heterocycles. The molecule has 0 aliphatic carbocycles. The number of nitrogens with two attached hydrogens (primary N) is 1. The molecule has 0 aromatic carbocycles. The number of aryl methyl sites for hydroxylation is 1. The molecule has 0 spiro atoms. The van der Waals surface area contributed by atoms with Crippen LogP contribution in [-0.4, -0.2) is 30.8 Å². The lowest BCUT2D eigenvalue weighted by Crippen LogP contribution is -2.30. The molecule has 1 rings (SSSR count). The summed E-state index contributed by atoms with van der Waals surface area (Å²) in [7, 11) is 1.68. The molecule has 18 heavy (non-hydrogen) atoms. The van der Waals surface area contributed by atoms with Crippen molar-refractivity contribution in [2.45, 2.75) is 46.3 Å². The summed E-state index contributed by atoms with van der Waals surface area (Å²) < 4.78 is 10.9. The molecule has 102 valence electrons. The van der Waals surface area contributed by atoms with Crippen molar-refractivity contribution < 1.29 is 9.47 Å². The van der Waals surface area contributed by atoms with Crippen LogP contribution in [0.1, 0.15) is 30.7 Å². The predicted octanol–water partition coefficient (Wildman–Crippen LogP) is 2.00. The molecular weight excluding hydrogens is 228 g/mol. The van der Waals surface area contributed by atoms with Gasteiger partial charge in [0, 0.05) is 35.5 Å². The highest BCUT2D eigenvalue weighted by Crippen LogP contribution is 2.24. The first kappa shape index (κ1) is 14.9. The van der Waals surface area contributed by atoms with Gasteiger partial charge in [0.2, 0.25) is 0 Å². The van der Waals surface area contributed by atoms with E-state index >= 15 is 0 Å². The van der Waals surface area contributed by atoms with Gasteiger partial charge in [0.1, 0.15) is 5.75 Å². The van der Waals surface area contributed by atoms with E-state index in [0.29, 0.717) is 13.0 Å². The summed E-state index contributed by atoms with van der Waals surface area (Å²) in [6.45, 7) is 8.57. The third kappa shape index (κ3) is 3.96. The van der Waals surface area contributed by atoms with Gasteiger partial charge < -0.3 is 15.2 Å². The third-order valence-corrected chi connectivity index (χ3v) is 2.85. The Kier molecular flexibility index (Phi) is 5.56. The Hall–Kier alpha value is -1.13. The minimum absolute atomic E-state index is 0.0361. The number of aromatic nitrogens is 1. The van der Waals surface area contributed by atoms with Crippen molar-refractivity contribution in [3.8, 4) is 5.75 Å². The van der Waals surface area contributed by atoms with Gasteiger partial charge in [0.25, 0.3) is 0 Å². The van der Waals surface area contributed by atoms with Crippen molar-refractivity contribution in [1.82, 2.24) is 4.98 Å². The highest BCUT2D eigenvalue weighted by Gasteiger charge is 2.13. The van der Waals surface area contributed by atoms with E-state index in [1.54, 1.807) is 7.11 Å². The summed E-state index contributed by atoms with van der Waals surface area (Å²) >= 11 is 0. The van der Waals surface area contributed by atoms with Gasteiger partial charge in [-0.25, -0.2) is 0 Å². The molecule has 0 radical (unpaired) electrons. The van der Waals surface area contributed by atoms with E-state index in [-0.39, 0.29) is 12.1 Å². The highest BCUT2D eigenvalue weighted by molar-refractivity contribution is 5.41. The van der Waals surface area contributed by atoms with Crippen LogP contribution in [0.2, 0.25) is 0 Å². The van der Waals surface area contributed by atoms with E-state index in [9.17, 15) is 0 Å². The van der Waals surface area contributed by atoms with Crippen LogP contribution in [0.15, 0.2) is 6.20 Å². The van der Waals surface area contributed by atoms with E-state index in [1.807, 2.05) is 33.9 Å². The molecule has 4 heteroatoms. The number of nitrogens with zero attached hydrogens (tertiary/aromatic N) is 1. The third-order valence-electron chi connectivity index (χ3n) is 2.85. The molecule has 0 aliphatic rings. The van der Waals surface area contributed by atoms with E-state index < -0.39 is 0 Å². The second kappa shape index (κ2) is 6.71. The van der Waals surface area contributed by atoms with Crippen LogP contribution in [0.25, 0.3) is 0 Å². The Bertz CT molecular complexity index is 392. The Balaban J connectivity index is 2.73. The van der Waals surface area contributed by atoms with Gasteiger partial charge >= 0.3 is 0 Å². The average Bonchev–Trinajstić information content (AvgIpc) is 2.31. The molecule has 2 N–H and O–H groups in total. The van der Waals surface area contributed by atoms with Gasteiger partial charge in [-0.05, 0) is 27.7 Å². The molecule has 0 aliphatic heterocycles. The predicted molar refractivity (Wildman–Crippen MR) is 73.0 cm³/mol. The van der Waals surface area contributed by atoms with E-state index in [4.69, 9.17) is 15.2 Å². The van der Waals surface area contributed by atoms with Crippen molar-refractivity contribution in [3.63, 3.8) is 0 Å². The fraction of sp³-hybridized carbons (Fsp3) is 0.643. The van der Waals surface area contributed by atoms with Crippen molar-refractivity contribution in [2.24, 2.45) is 5.73 Å². The Morgan fingerprint density at radius 2 is 2.00 bits per heavy atom. The first-order valence-corrected chi connectivity index (χ1v) is 6.32. The standard InChI is InChI=1S/C14H24N2O2/c1-9(2)18-8-12(15)6-13-11(4)14(17-5)10(3)7-16-13/h7,9,12H,6,8,15H2,1-5H3. The summed E-state index contributed by atoms with van der Waals surface area (Å²) in [6, 6.07) is -0.0361. The molecule has 0 saturated carbocycles. The molecule has 1 aromatic rings. The van der Waals surface area contributed by atoms with Crippen molar-refractivity contribution in [2.75, 3.05) is 13.7 Å². The molecule has 1 heterocycles. The second-order valence-corrected chi connectivity index (χ2v) is 4.89. The number of hydrogen-bond donors (Lipinski definition) is 1. The van der Waals surface area contributed by atoms with Crippen LogP contribution in [0.4, 0.5) is 0 Å². The SMILES string of the molecule is COc1c(C)cnc(CC(N)COC(C)C)c1C.